The fourth-order valence-electron chi connectivity index (χ4n) is 1.67. The minimum absolute atomic E-state index is 0.0889. The van der Waals surface area contributed by atoms with Crippen LogP contribution in [0.2, 0.25) is 0 Å². The molecule has 2 rings (SSSR count). The second-order valence-electron chi connectivity index (χ2n) is 4.11. The molecule has 2 aromatic carbocycles. The Morgan fingerprint density at radius 1 is 1.14 bits per heavy atom. The third-order valence-electron chi connectivity index (χ3n) is 2.64. The zero-order valence-corrected chi connectivity index (χ0v) is 12.3. The van der Waals surface area contributed by atoms with E-state index in [2.05, 4.69) is 20.7 Å². The van der Waals surface area contributed by atoms with E-state index in [-0.39, 0.29) is 12.4 Å². The molecule has 0 N–H and O–H groups in total. The predicted molar refractivity (Wildman–Crippen MR) is 76.9 cm³/mol. The lowest BCUT2D eigenvalue weighted by Crippen LogP contribution is -2.02. The number of hydrogen-bond acceptors (Lipinski definition) is 3. The molecule has 0 atom stereocenters. The first-order valence-electron chi connectivity index (χ1n) is 6.00. The lowest BCUT2D eigenvalue weighted by Gasteiger charge is -2.09. The first kappa shape index (κ1) is 15.4. The van der Waals surface area contributed by atoms with Gasteiger partial charge < -0.3 is 9.47 Å². The van der Waals surface area contributed by atoms with Gasteiger partial charge in [-0.15, -0.1) is 0 Å². The van der Waals surface area contributed by atoms with Gasteiger partial charge in [-0.05, 0) is 35.9 Å². The van der Waals surface area contributed by atoms with Crippen LogP contribution in [0.1, 0.15) is 15.9 Å². The maximum Gasteiger partial charge on any atom is 0.387 e. The van der Waals surface area contributed by atoms with Crippen LogP contribution in [0.5, 0.6) is 11.5 Å². The summed E-state index contributed by atoms with van der Waals surface area (Å²) in [6.45, 7) is -2.62. The molecule has 0 fully saturated rings. The van der Waals surface area contributed by atoms with Crippen molar-refractivity contribution in [2.75, 3.05) is 0 Å². The average molecular weight is 357 g/mol. The standard InChI is InChI=1S/C15H11BrF2O3/c16-12-3-6-14(11(7-12)8-19)20-9-10-1-4-13(5-2-10)21-15(17)18/h1-8,15H,9H2. The van der Waals surface area contributed by atoms with Gasteiger partial charge in [-0.1, -0.05) is 28.1 Å². The third-order valence-corrected chi connectivity index (χ3v) is 3.13. The highest BCUT2D eigenvalue weighted by Gasteiger charge is 2.06. The van der Waals surface area contributed by atoms with E-state index in [0.29, 0.717) is 17.6 Å². The van der Waals surface area contributed by atoms with Crippen molar-refractivity contribution in [3.63, 3.8) is 0 Å². The molecule has 0 aromatic heterocycles. The number of halogens is 3. The molecule has 0 spiro atoms. The summed E-state index contributed by atoms with van der Waals surface area (Å²) < 4.78 is 34.6. The number of ether oxygens (including phenoxy) is 2. The molecule has 2 aromatic rings. The lowest BCUT2D eigenvalue weighted by atomic mass is 10.2. The molecular formula is C15H11BrF2O3. The van der Waals surface area contributed by atoms with Crippen LogP contribution in [-0.2, 0) is 6.61 Å². The summed E-state index contributed by atoms with van der Waals surface area (Å²) in [5, 5.41) is 0. The Morgan fingerprint density at radius 3 is 2.48 bits per heavy atom. The van der Waals surface area contributed by atoms with Crippen molar-refractivity contribution in [1.29, 1.82) is 0 Å². The smallest absolute Gasteiger partial charge is 0.387 e. The van der Waals surface area contributed by atoms with E-state index >= 15 is 0 Å². The molecule has 0 saturated carbocycles. The topological polar surface area (TPSA) is 35.5 Å². The van der Waals surface area contributed by atoms with Gasteiger partial charge in [0, 0.05) is 4.47 Å². The molecule has 0 radical (unpaired) electrons. The molecule has 0 amide bonds. The second kappa shape index (κ2) is 7.17. The Hall–Kier alpha value is -1.95. The number of benzene rings is 2. The van der Waals surface area contributed by atoms with Crippen molar-refractivity contribution in [1.82, 2.24) is 0 Å². The molecule has 0 aliphatic rings. The van der Waals surface area contributed by atoms with Crippen molar-refractivity contribution < 1.29 is 23.0 Å². The van der Waals surface area contributed by atoms with Crippen LogP contribution in [0.15, 0.2) is 46.9 Å². The molecule has 3 nitrogen and oxygen atoms in total. The van der Waals surface area contributed by atoms with Crippen molar-refractivity contribution in [3.05, 3.63) is 58.1 Å². The van der Waals surface area contributed by atoms with Crippen LogP contribution in [-0.4, -0.2) is 12.9 Å². The van der Waals surface area contributed by atoms with Crippen LogP contribution < -0.4 is 9.47 Å². The van der Waals surface area contributed by atoms with Gasteiger partial charge in [0.15, 0.2) is 6.29 Å². The highest BCUT2D eigenvalue weighted by molar-refractivity contribution is 9.10. The van der Waals surface area contributed by atoms with Gasteiger partial charge in [-0.25, -0.2) is 0 Å². The van der Waals surface area contributed by atoms with Crippen molar-refractivity contribution in [2.45, 2.75) is 13.2 Å². The van der Waals surface area contributed by atoms with Crippen LogP contribution in [0.25, 0.3) is 0 Å². The Labute approximate surface area is 128 Å². The first-order chi connectivity index (χ1) is 10.1. The highest BCUT2D eigenvalue weighted by Crippen LogP contribution is 2.23. The van der Waals surface area contributed by atoms with Gasteiger partial charge in [-0.3, -0.25) is 4.79 Å². The van der Waals surface area contributed by atoms with Gasteiger partial charge in [0.25, 0.3) is 0 Å². The fraction of sp³-hybridized carbons (Fsp3) is 0.133. The summed E-state index contributed by atoms with van der Waals surface area (Å²) in [4.78, 5) is 10.9. The molecule has 0 unspecified atom stereocenters. The summed E-state index contributed by atoms with van der Waals surface area (Å²) in [5.41, 5.74) is 1.21. The Morgan fingerprint density at radius 2 is 1.86 bits per heavy atom. The molecular weight excluding hydrogens is 346 g/mol. The highest BCUT2D eigenvalue weighted by atomic mass is 79.9. The number of hydrogen-bond donors (Lipinski definition) is 0. The summed E-state index contributed by atoms with van der Waals surface area (Å²) in [5.74, 6) is 0.548. The summed E-state index contributed by atoms with van der Waals surface area (Å²) >= 11 is 3.27. The number of rotatable bonds is 6. The van der Waals surface area contributed by atoms with Crippen LogP contribution in [0.3, 0.4) is 0 Å². The van der Waals surface area contributed by atoms with E-state index in [1.807, 2.05) is 0 Å². The third kappa shape index (κ3) is 4.53. The SMILES string of the molecule is O=Cc1cc(Br)ccc1OCc1ccc(OC(F)F)cc1. The van der Waals surface area contributed by atoms with E-state index in [1.54, 1.807) is 30.3 Å². The minimum atomic E-state index is -2.84. The van der Waals surface area contributed by atoms with Crippen LogP contribution in [0, 0.1) is 0 Å². The molecule has 0 saturated heterocycles. The summed E-state index contributed by atoms with van der Waals surface area (Å²) in [7, 11) is 0. The molecule has 0 bridgehead atoms. The predicted octanol–water partition coefficient (Wildman–Crippen LogP) is 4.44. The fourth-order valence-corrected chi connectivity index (χ4v) is 2.05. The monoisotopic (exact) mass is 356 g/mol. The lowest BCUT2D eigenvalue weighted by molar-refractivity contribution is -0.0498. The molecule has 21 heavy (non-hydrogen) atoms. The largest absolute Gasteiger partial charge is 0.488 e. The normalized spacial score (nSPS) is 10.5. The van der Waals surface area contributed by atoms with Crippen molar-refractivity contribution in [3.8, 4) is 11.5 Å². The molecule has 110 valence electrons. The van der Waals surface area contributed by atoms with E-state index < -0.39 is 6.61 Å². The first-order valence-corrected chi connectivity index (χ1v) is 6.79. The summed E-state index contributed by atoms with van der Waals surface area (Å²) in [6.07, 6.45) is 0.708. The zero-order chi connectivity index (χ0) is 15.2. The molecule has 0 aliphatic heterocycles. The number of carbonyl (C=O) groups excluding carboxylic acids is 1. The average Bonchev–Trinajstić information content (AvgIpc) is 2.46. The van der Waals surface area contributed by atoms with E-state index in [0.717, 1.165) is 10.0 Å². The van der Waals surface area contributed by atoms with Gasteiger partial charge in [0.1, 0.15) is 18.1 Å². The second-order valence-corrected chi connectivity index (χ2v) is 5.03. The van der Waals surface area contributed by atoms with Gasteiger partial charge in [0.2, 0.25) is 0 Å². The van der Waals surface area contributed by atoms with E-state index in [4.69, 9.17) is 4.74 Å². The van der Waals surface area contributed by atoms with Crippen LogP contribution in [0.4, 0.5) is 8.78 Å². The van der Waals surface area contributed by atoms with E-state index in [1.165, 1.54) is 12.1 Å². The number of aldehydes is 1. The molecule has 0 aliphatic carbocycles. The quantitative estimate of drug-likeness (QED) is 0.717. The maximum atomic E-state index is 12.0. The number of carbonyl (C=O) groups is 1. The number of alkyl halides is 2. The van der Waals surface area contributed by atoms with Crippen molar-refractivity contribution >= 4 is 22.2 Å². The van der Waals surface area contributed by atoms with E-state index in [9.17, 15) is 13.6 Å². The van der Waals surface area contributed by atoms with Crippen LogP contribution >= 0.6 is 15.9 Å². The minimum Gasteiger partial charge on any atom is -0.488 e. The maximum absolute atomic E-state index is 12.0. The van der Waals surface area contributed by atoms with Crippen molar-refractivity contribution in [2.24, 2.45) is 0 Å². The Bertz CT molecular complexity index is 615. The summed E-state index contributed by atoms with van der Waals surface area (Å²) in [6, 6.07) is 11.2. The molecule has 6 heteroatoms. The Balaban J connectivity index is 2.01. The van der Waals surface area contributed by atoms with Gasteiger partial charge >= 0.3 is 6.61 Å². The van der Waals surface area contributed by atoms with Gasteiger partial charge in [0.05, 0.1) is 5.56 Å². The Kier molecular flexibility index (Phi) is 5.27. The zero-order valence-electron chi connectivity index (χ0n) is 10.8. The van der Waals surface area contributed by atoms with Gasteiger partial charge in [-0.2, -0.15) is 8.78 Å². The molecule has 0 heterocycles.